The summed E-state index contributed by atoms with van der Waals surface area (Å²) in [4.78, 5) is 16.9. The van der Waals surface area contributed by atoms with Crippen molar-refractivity contribution in [1.29, 1.82) is 0 Å². The summed E-state index contributed by atoms with van der Waals surface area (Å²) in [7, 11) is 0. The van der Waals surface area contributed by atoms with Gasteiger partial charge in [0.2, 0.25) is 0 Å². The van der Waals surface area contributed by atoms with E-state index in [1.54, 1.807) is 23.0 Å². The quantitative estimate of drug-likeness (QED) is 0.816. The Labute approximate surface area is 95.9 Å². The average molecular weight is 245 g/mol. The Morgan fingerprint density at radius 2 is 2.50 bits per heavy atom. The molecule has 2 rings (SSSR count). The Morgan fingerprint density at radius 3 is 3.14 bits per heavy atom. The summed E-state index contributed by atoms with van der Waals surface area (Å²) in [6, 6.07) is 0. The van der Waals surface area contributed by atoms with E-state index in [1.165, 1.54) is 5.75 Å². The lowest BCUT2D eigenvalue weighted by molar-refractivity contribution is -0.117. The third-order valence-electron chi connectivity index (χ3n) is 2.01. The van der Waals surface area contributed by atoms with Crippen LogP contribution in [0.5, 0.6) is 0 Å². The van der Waals surface area contributed by atoms with E-state index in [4.69, 9.17) is 0 Å². The molecule has 0 radical (unpaired) electrons. The number of hydrogen-bond donors (Lipinski definition) is 0. The second kappa shape index (κ2) is 5.19. The number of rotatable bonds is 3. The Morgan fingerprint density at radius 1 is 1.57 bits per heavy atom. The molecule has 1 unspecified atom stereocenters. The van der Waals surface area contributed by atoms with Crippen molar-refractivity contribution in [3.8, 4) is 0 Å². The van der Waals surface area contributed by atoms with Crippen molar-refractivity contribution in [2.24, 2.45) is 0 Å². The molecule has 1 aliphatic heterocycles. The lowest BCUT2D eigenvalue weighted by atomic mass is 10.2. The fraction of sp³-hybridized carbons (Fsp3) is 0.556. The van der Waals surface area contributed by atoms with Crippen molar-refractivity contribution in [2.75, 3.05) is 17.3 Å². The molecule has 0 N–H and O–H groups in total. The molecule has 1 aliphatic rings. The first-order valence-electron chi connectivity index (χ1n) is 4.45. The predicted octanol–water partition coefficient (Wildman–Crippen LogP) is 2.10. The molecule has 76 valence electrons. The third-order valence-corrected chi connectivity index (χ3v) is 5.59. The first-order chi connectivity index (χ1) is 6.86. The van der Waals surface area contributed by atoms with Crippen LogP contribution in [0.15, 0.2) is 11.7 Å². The number of carbonyl (C=O) groups is 1. The SMILES string of the molecule is O=C(Cc1cncs1)C1CSCCS1. The molecule has 0 aliphatic carbocycles. The van der Waals surface area contributed by atoms with Crippen molar-refractivity contribution in [3.05, 3.63) is 16.6 Å². The zero-order chi connectivity index (χ0) is 9.80. The zero-order valence-corrected chi connectivity index (χ0v) is 10.1. The lowest BCUT2D eigenvalue weighted by Crippen LogP contribution is -2.25. The van der Waals surface area contributed by atoms with Gasteiger partial charge in [-0.15, -0.1) is 23.1 Å². The van der Waals surface area contributed by atoms with E-state index in [9.17, 15) is 4.79 Å². The van der Waals surface area contributed by atoms with E-state index < -0.39 is 0 Å². The minimum atomic E-state index is 0.218. The molecule has 1 aromatic rings. The molecule has 0 amide bonds. The Balaban J connectivity index is 1.88. The number of aromatic nitrogens is 1. The maximum Gasteiger partial charge on any atom is 0.151 e. The fourth-order valence-electron chi connectivity index (χ4n) is 1.29. The molecule has 0 aromatic carbocycles. The highest BCUT2D eigenvalue weighted by Crippen LogP contribution is 2.25. The number of carbonyl (C=O) groups excluding carboxylic acids is 1. The van der Waals surface area contributed by atoms with Crippen LogP contribution in [0.3, 0.4) is 0 Å². The monoisotopic (exact) mass is 245 g/mol. The highest BCUT2D eigenvalue weighted by atomic mass is 32.2. The molecule has 14 heavy (non-hydrogen) atoms. The van der Waals surface area contributed by atoms with Crippen molar-refractivity contribution in [1.82, 2.24) is 4.98 Å². The summed E-state index contributed by atoms with van der Waals surface area (Å²) in [5.41, 5.74) is 1.78. The number of Topliss-reactive ketones (excluding diaryl/α,β-unsaturated/α-hetero) is 1. The standard InChI is InChI=1S/C9H11NOS3/c11-8(3-7-4-10-6-14-7)9-5-12-1-2-13-9/h4,6,9H,1-3,5H2. The van der Waals surface area contributed by atoms with E-state index >= 15 is 0 Å². The fourth-order valence-corrected chi connectivity index (χ4v) is 4.54. The van der Waals surface area contributed by atoms with Crippen LogP contribution in [0.2, 0.25) is 0 Å². The van der Waals surface area contributed by atoms with E-state index in [-0.39, 0.29) is 5.25 Å². The first-order valence-corrected chi connectivity index (χ1v) is 7.54. The molecule has 0 spiro atoms. The smallest absolute Gasteiger partial charge is 0.151 e. The second-order valence-corrected chi connectivity index (χ2v) is 6.48. The highest BCUT2D eigenvalue weighted by Gasteiger charge is 2.22. The second-order valence-electron chi connectivity index (χ2n) is 3.05. The Hall–Kier alpha value is -0.000000000000000111. The van der Waals surface area contributed by atoms with Gasteiger partial charge in [0.25, 0.3) is 0 Å². The predicted molar refractivity (Wildman–Crippen MR) is 64.4 cm³/mol. The van der Waals surface area contributed by atoms with Crippen LogP contribution in [-0.4, -0.2) is 33.3 Å². The summed E-state index contributed by atoms with van der Waals surface area (Å²) in [6.07, 6.45) is 2.37. The van der Waals surface area contributed by atoms with Gasteiger partial charge < -0.3 is 0 Å². The van der Waals surface area contributed by atoms with Crippen LogP contribution < -0.4 is 0 Å². The first kappa shape index (κ1) is 10.5. The van der Waals surface area contributed by atoms with Gasteiger partial charge in [0.1, 0.15) is 0 Å². The molecule has 0 saturated carbocycles. The van der Waals surface area contributed by atoms with E-state index in [2.05, 4.69) is 4.98 Å². The van der Waals surface area contributed by atoms with Crippen molar-refractivity contribution >= 4 is 40.6 Å². The van der Waals surface area contributed by atoms with Gasteiger partial charge in [-0.25, -0.2) is 0 Å². The van der Waals surface area contributed by atoms with Gasteiger partial charge in [0, 0.05) is 34.8 Å². The molecule has 1 fully saturated rings. The van der Waals surface area contributed by atoms with Crippen molar-refractivity contribution in [2.45, 2.75) is 11.7 Å². The molecule has 0 bridgehead atoms. The Bertz CT molecular complexity index is 293. The Kier molecular flexibility index (Phi) is 3.89. The number of ketones is 1. The maximum absolute atomic E-state index is 11.8. The summed E-state index contributed by atoms with van der Waals surface area (Å²) < 4.78 is 0. The molecular weight excluding hydrogens is 234 g/mol. The summed E-state index contributed by atoms with van der Waals surface area (Å²) in [5, 5.41) is 0.218. The minimum Gasteiger partial charge on any atom is -0.298 e. The van der Waals surface area contributed by atoms with E-state index in [1.807, 2.05) is 23.5 Å². The highest BCUT2D eigenvalue weighted by molar-refractivity contribution is 8.07. The number of nitrogens with zero attached hydrogens (tertiary/aromatic N) is 1. The van der Waals surface area contributed by atoms with Gasteiger partial charge in [-0.3, -0.25) is 9.78 Å². The van der Waals surface area contributed by atoms with Gasteiger partial charge in [0.15, 0.2) is 5.78 Å². The molecule has 5 heteroatoms. The molecule has 1 saturated heterocycles. The number of thioether (sulfide) groups is 2. The van der Waals surface area contributed by atoms with Crippen LogP contribution in [0.1, 0.15) is 4.88 Å². The van der Waals surface area contributed by atoms with Crippen LogP contribution >= 0.6 is 34.9 Å². The third kappa shape index (κ3) is 2.74. The average Bonchev–Trinajstić information content (AvgIpc) is 2.72. The molecule has 2 heterocycles. The van der Waals surface area contributed by atoms with Crippen LogP contribution in [-0.2, 0) is 11.2 Å². The lowest BCUT2D eigenvalue weighted by Gasteiger charge is -2.19. The van der Waals surface area contributed by atoms with E-state index in [0.29, 0.717) is 12.2 Å². The number of thiazole rings is 1. The molecular formula is C9H11NOS3. The molecule has 1 aromatic heterocycles. The van der Waals surface area contributed by atoms with Crippen LogP contribution in [0, 0.1) is 0 Å². The van der Waals surface area contributed by atoms with Gasteiger partial charge in [-0.1, -0.05) is 0 Å². The van der Waals surface area contributed by atoms with E-state index in [0.717, 1.165) is 16.4 Å². The summed E-state index contributed by atoms with van der Waals surface area (Å²) in [5.74, 6) is 3.66. The minimum absolute atomic E-state index is 0.218. The maximum atomic E-state index is 11.8. The van der Waals surface area contributed by atoms with Gasteiger partial charge in [0.05, 0.1) is 10.8 Å². The van der Waals surface area contributed by atoms with Crippen molar-refractivity contribution < 1.29 is 4.79 Å². The number of hydrogen-bond acceptors (Lipinski definition) is 5. The largest absolute Gasteiger partial charge is 0.298 e. The van der Waals surface area contributed by atoms with Crippen LogP contribution in [0.4, 0.5) is 0 Å². The van der Waals surface area contributed by atoms with Gasteiger partial charge >= 0.3 is 0 Å². The van der Waals surface area contributed by atoms with Gasteiger partial charge in [-0.05, 0) is 0 Å². The summed E-state index contributed by atoms with van der Waals surface area (Å²) in [6.45, 7) is 0. The van der Waals surface area contributed by atoms with Crippen molar-refractivity contribution in [3.63, 3.8) is 0 Å². The van der Waals surface area contributed by atoms with Gasteiger partial charge in [-0.2, -0.15) is 11.8 Å². The molecule has 2 nitrogen and oxygen atoms in total. The molecule has 1 atom stereocenters. The van der Waals surface area contributed by atoms with Crippen LogP contribution in [0.25, 0.3) is 0 Å². The topological polar surface area (TPSA) is 30.0 Å². The normalized spacial score (nSPS) is 22.1. The zero-order valence-electron chi connectivity index (χ0n) is 7.64. The summed E-state index contributed by atoms with van der Waals surface area (Å²) >= 11 is 5.26.